The summed E-state index contributed by atoms with van der Waals surface area (Å²) in [5.74, 6) is 9.29. The van der Waals surface area contributed by atoms with Crippen LogP contribution in [0.3, 0.4) is 0 Å². The van der Waals surface area contributed by atoms with Crippen molar-refractivity contribution in [2.24, 2.45) is 17.8 Å². The Morgan fingerprint density at radius 3 is 1.40 bits per heavy atom. The number of hydrogen-bond acceptors (Lipinski definition) is 12. The van der Waals surface area contributed by atoms with Crippen molar-refractivity contribution in [2.45, 2.75) is 330 Å². The number of aromatic nitrogens is 7. The van der Waals surface area contributed by atoms with E-state index in [0.29, 0.717) is 78.4 Å². The molecule has 15 nitrogen and oxygen atoms in total. The van der Waals surface area contributed by atoms with Crippen molar-refractivity contribution in [3.63, 3.8) is 0 Å². The Bertz CT molecular complexity index is 5340. The monoisotopic (exact) mass is 1930 g/mol. The molecule has 4 aromatic heterocycles. The second-order valence-corrected chi connectivity index (χ2v) is 42.2. The smallest absolute Gasteiger partial charge is 0.433 e. The largest absolute Gasteiger partial charge is 0.490 e. The predicted octanol–water partition coefficient (Wildman–Crippen LogP) is 32.9. The molecule has 768 valence electrons. The summed E-state index contributed by atoms with van der Waals surface area (Å²) in [7, 11) is 1.72. The maximum absolute atomic E-state index is 12.1. The van der Waals surface area contributed by atoms with Crippen molar-refractivity contribution in [3.8, 4) is 34.7 Å². The molecule has 0 saturated carbocycles. The molecule has 1 aliphatic heterocycles. The summed E-state index contributed by atoms with van der Waals surface area (Å²) in [5, 5.41) is 28.8. The molecule has 141 heavy (non-hydrogen) atoms. The number of pyridine rings is 1. The Morgan fingerprint density at radius 2 is 0.943 bits per heavy atom. The number of ether oxygens (including phenoxy) is 4. The number of amides is 1. The van der Waals surface area contributed by atoms with Crippen LogP contribution < -0.4 is 19.5 Å². The third-order valence-electron chi connectivity index (χ3n) is 22.0. The van der Waals surface area contributed by atoms with Crippen LogP contribution >= 0.6 is 0 Å². The number of rotatable bonds is 23. The molecule has 0 aliphatic carbocycles. The van der Waals surface area contributed by atoms with E-state index in [9.17, 15) is 18.0 Å². The van der Waals surface area contributed by atoms with Gasteiger partial charge in [-0.3, -0.25) is 19.1 Å². The fraction of sp³-hybridized carbons (Fsp3) is 0.472. The summed E-state index contributed by atoms with van der Waals surface area (Å²) < 4.78 is 61.8. The van der Waals surface area contributed by atoms with Gasteiger partial charge in [0.25, 0.3) is 5.91 Å². The average molecular weight is 1930 g/mol. The number of nitriles is 1. The maximum atomic E-state index is 12.1. The predicted molar refractivity (Wildman–Crippen MR) is 584 cm³/mol. The lowest BCUT2D eigenvalue weighted by Crippen LogP contribution is -2.24. The van der Waals surface area contributed by atoms with E-state index >= 15 is 0 Å². The minimum atomic E-state index is -4.34. The van der Waals surface area contributed by atoms with E-state index in [0.717, 1.165) is 83.9 Å². The standard InChI is InChI=1S/C13H16N2O.C13H16N2.C13H20.C12H16O2.C11H20N2O.C11H16O.C11H16.C10H16N2.C10H14O.C10H14.C9H10F3N/c1-10(2)11-5-3-6-12(9-11)13(16)15-8-4-7-14;1-13(2,3)15-10-9-12(14-15)11-7-5-4-6-8-11;1-10(2)11-8-6-7-9-12(11)13(3,4)5;1-9(2)10-4-5-11-12(8-10)14-7-3-6-13-11;1-9(2)8-14-10-6-7-13(12-10)11(3,4)5;1-9(2)11-6-4-10(5-7-11)8-12-3;1-10(2)8-9-11-6-4-3-5-7-11;1-7(2)9-5-11-10(8(3)4)12-6-9;1-8(2)10-5-3-4-9(6-10)7-11;1-9(2)8-10-6-4-3-5-7-10;1-6(2)7-3-4-8(13-5-7)9(10,11)12/h3,5-6,9-10H,4,8H2,1-2H3,(H,15,16);4-10H,1-3H3;6-10H,1-5H3;4-5,8-9H,3,6-7H2,1-2H3;6-7,9H,8H2,1-5H3;4-7,9H,8H2,1-3H3;3-7,10H,8-9H2,1-2H3;5-8H,1-4H3;3-6,8,11H,7H2,1-2H3;3-7,9H,8H2,1-2H3;3-6H,1-2H3. The van der Waals surface area contributed by atoms with Crippen molar-refractivity contribution < 1.29 is 42.0 Å². The van der Waals surface area contributed by atoms with Gasteiger partial charge in [-0.05, 0) is 229 Å². The highest BCUT2D eigenvalue weighted by Crippen LogP contribution is 2.35. The van der Waals surface area contributed by atoms with Crippen LogP contribution in [0, 0.1) is 29.1 Å². The molecule has 0 radical (unpaired) electrons. The summed E-state index contributed by atoms with van der Waals surface area (Å²) in [6.45, 7) is 70.4. The number of aliphatic hydroxyl groups excluding tert-OH is 1. The summed E-state index contributed by atoms with van der Waals surface area (Å²) in [6, 6.07) is 79.1. The highest BCUT2D eigenvalue weighted by Gasteiger charge is 2.32. The van der Waals surface area contributed by atoms with Crippen molar-refractivity contribution in [1.82, 2.24) is 39.8 Å². The molecule has 13 rings (SSSR count). The first-order valence-electron chi connectivity index (χ1n) is 50.6. The van der Waals surface area contributed by atoms with Crippen LogP contribution in [0.2, 0.25) is 0 Å². The zero-order chi connectivity index (χ0) is 106. The molecular formula is C123H174F3N9O6. The van der Waals surface area contributed by atoms with E-state index in [-0.39, 0.29) is 34.9 Å². The fourth-order valence-corrected chi connectivity index (χ4v) is 13.3. The number of methoxy groups -OCH3 is 1. The second kappa shape index (κ2) is 64.8. The maximum Gasteiger partial charge on any atom is 0.433 e. The van der Waals surface area contributed by atoms with E-state index in [1.807, 2.05) is 121 Å². The first-order valence-corrected chi connectivity index (χ1v) is 50.6. The molecule has 8 aromatic carbocycles. The van der Waals surface area contributed by atoms with Gasteiger partial charge in [-0.1, -0.05) is 361 Å². The van der Waals surface area contributed by atoms with Gasteiger partial charge in [0.2, 0.25) is 5.88 Å². The molecule has 0 fully saturated rings. The van der Waals surface area contributed by atoms with Crippen molar-refractivity contribution in [2.75, 3.05) is 33.5 Å². The molecule has 0 saturated heterocycles. The van der Waals surface area contributed by atoms with Gasteiger partial charge >= 0.3 is 6.18 Å². The quantitative estimate of drug-likeness (QED) is 0.0579. The fourth-order valence-electron chi connectivity index (χ4n) is 13.3. The van der Waals surface area contributed by atoms with Gasteiger partial charge in [-0.15, -0.1) is 5.10 Å². The van der Waals surface area contributed by atoms with Gasteiger partial charge in [0.1, 0.15) is 11.5 Å². The van der Waals surface area contributed by atoms with Crippen LogP contribution in [0.15, 0.2) is 262 Å². The highest BCUT2D eigenvalue weighted by molar-refractivity contribution is 5.94. The molecule has 0 spiro atoms. The first-order chi connectivity index (χ1) is 66.4. The van der Waals surface area contributed by atoms with Crippen molar-refractivity contribution in [3.05, 3.63) is 345 Å². The number of hydrogen-bond donors (Lipinski definition) is 2. The van der Waals surface area contributed by atoms with Gasteiger partial charge in [0, 0.05) is 74.2 Å². The Morgan fingerprint density at radius 1 is 0.461 bits per heavy atom. The van der Waals surface area contributed by atoms with Crippen LogP contribution in [0.25, 0.3) is 11.3 Å². The number of nitrogens with zero attached hydrogens (tertiary/aromatic N) is 8. The molecule has 12 aromatic rings. The number of alkyl halides is 3. The topological polar surface area (TPSA) is 184 Å². The number of halogens is 3. The van der Waals surface area contributed by atoms with E-state index in [4.69, 9.17) is 29.3 Å². The molecule has 0 bridgehead atoms. The van der Waals surface area contributed by atoms with Crippen LogP contribution in [-0.4, -0.2) is 79.0 Å². The van der Waals surface area contributed by atoms with Crippen LogP contribution in [0.1, 0.15) is 370 Å². The molecule has 1 aliphatic rings. The van der Waals surface area contributed by atoms with Crippen LogP contribution in [0.4, 0.5) is 13.2 Å². The van der Waals surface area contributed by atoms with Crippen molar-refractivity contribution >= 4 is 5.91 Å². The van der Waals surface area contributed by atoms with Gasteiger partial charge in [-0.25, -0.2) is 9.97 Å². The number of nitrogens with one attached hydrogen (secondary N) is 1. The number of aliphatic hydroxyl groups is 1. The highest BCUT2D eigenvalue weighted by atomic mass is 19.4. The molecule has 18 heteroatoms. The minimum absolute atomic E-state index is 0.0272. The van der Waals surface area contributed by atoms with Gasteiger partial charge < -0.3 is 29.4 Å². The molecule has 1 amide bonds. The normalized spacial score (nSPS) is 11.6. The number of carbonyl (C=O) groups excluding carboxylic acids is 1. The lowest BCUT2D eigenvalue weighted by Gasteiger charge is -2.24. The number of fused-ring (bicyclic) bond motifs is 1. The molecule has 2 N–H and O–H groups in total. The molecular weight excluding hydrogens is 1760 g/mol. The summed E-state index contributed by atoms with van der Waals surface area (Å²) in [6.07, 6.45) is 9.78. The molecule has 5 heterocycles. The zero-order valence-corrected chi connectivity index (χ0v) is 91.7. The summed E-state index contributed by atoms with van der Waals surface area (Å²) >= 11 is 0. The van der Waals surface area contributed by atoms with Gasteiger partial charge in [0.05, 0.1) is 62.3 Å². The zero-order valence-electron chi connectivity index (χ0n) is 91.7. The number of benzene rings is 8. The lowest BCUT2D eigenvalue weighted by atomic mass is 9.81. The average Bonchev–Trinajstić information content (AvgIpc) is 0.972. The first kappa shape index (κ1) is 124. The van der Waals surface area contributed by atoms with Gasteiger partial charge in [0.15, 0.2) is 11.5 Å². The van der Waals surface area contributed by atoms with Crippen LogP contribution in [-0.2, 0) is 53.5 Å². The summed E-state index contributed by atoms with van der Waals surface area (Å²) in [4.78, 5) is 23.6. The van der Waals surface area contributed by atoms with E-state index in [2.05, 4.69) is 377 Å². The SMILES string of the molecule is CC(C)(C)n1ccc(-c2ccccc2)n1.CC(C)CCc1ccccc1.CC(C)COc1ccn(C(C)(C)C)n1.CC(C)Cc1ccccc1.CC(C)c1ccc(C(F)(F)F)nc1.CC(C)c1ccc2c(c1)OCCCO2.CC(C)c1cccc(C(=O)NCCC#N)c1.CC(C)c1cccc(CO)c1.CC(C)c1ccccc1C(C)(C)C.CC(C)c1cnc(C(C)C)nc1.COCc1ccc(C(C)C)cc1. The third kappa shape index (κ3) is 51.1. The van der Waals surface area contributed by atoms with E-state index in [1.54, 1.807) is 13.2 Å². The number of aryl methyl sites for hydroxylation is 1. The Labute approximate surface area is 849 Å². The Kier molecular flexibility index (Phi) is 56.8. The summed E-state index contributed by atoms with van der Waals surface area (Å²) in [5.41, 5.74) is 17.6. The lowest BCUT2D eigenvalue weighted by molar-refractivity contribution is -0.141. The Balaban J connectivity index is 0.000000400. The molecule has 0 atom stereocenters. The third-order valence-corrected chi connectivity index (χ3v) is 22.0. The van der Waals surface area contributed by atoms with E-state index in [1.165, 1.54) is 87.2 Å². The Hall–Kier alpha value is -11.5. The second-order valence-electron chi connectivity index (χ2n) is 42.2. The van der Waals surface area contributed by atoms with Crippen LogP contribution in [0.5, 0.6) is 17.4 Å². The van der Waals surface area contributed by atoms with Crippen molar-refractivity contribution in [1.29, 1.82) is 5.26 Å². The molecule has 0 unspecified atom stereocenters. The van der Waals surface area contributed by atoms with E-state index < -0.39 is 11.9 Å². The van der Waals surface area contributed by atoms with Gasteiger partial charge in [-0.2, -0.15) is 23.5 Å². The minimum Gasteiger partial charge on any atom is -0.490 e. The number of carbonyl (C=O) groups is 1.